The summed E-state index contributed by atoms with van der Waals surface area (Å²) in [5.41, 5.74) is 0.915. The first-order valence-corrected chi connectivity index (χ1v) is 9.18. The van der Waals surface area contributed by atoms with Gasteiger partial charge in [0.2, 0.25) is 0 Å². The highest BCUT2D eigenvalue weighted by Crippen LogP contribution is 2.17. The van der Waals surface area contributed by atoms with Crippen molar-refractivity contribution in [2.75, 3.05) is 19.4 Å². The van der Waals surface area contributed by atoms with Crippen LogP contribution in [0.4, 0.5) is 4.39 Å². The first-order chi connectivity index (χ1) is 11.3. The van der Waals surface area contributed by atoms with Crippen LogP contribution in [0.5, 0.6) is 5.75 Å². The molecule has 0 atom stereocenters. The standard InChI is InChI=1S/C17H18FNO4S/c1-24(21,22)16-4-2-3-15(11-16)23-12-17(20)19-10-9-13-5-7-14(18)8-6-13/h2-8,11H,9-10,12H2,1H3,(H,19,20). The normalized spacial score (nSPS) is 11.1. The number of sulfone groups is 1. The Hall–Kier alpha value is -2.41. The summed E-state index contributed by atoms with van der Waals surface area (Å²) in [4.78, 5) is 11.9. The highest BCUT2D eigenvalue weighted by molar-refractivity contribution is 7.90. The van der Waals surface area contributed by atoms with Crippen LogP contribution in [-0.2, 0) is 21.1 Å². The fourth-order valence-electron chi connectivity index (χ4n) is 1.99. The van der Waals surface area contributed by atoms with E-state index >= 15 is 0 Å². The third kappa shape index (κ3) is 5.66. The molecule has 1 amide bonds. The third-order valence-electron chi connectivity index (χ3n) is 3.25. The van der Waals surface area contributed by atoms with Crippen molar-refractivity contribution in [2.24, 2.45) is 0 Å². The maximum absolute atomic E-state index is 12.8. The fourth-order valence-corrected chi connectivity index (χ4v) is 2.65. The lowest BCUT2D eigenvalue weighted by Crippen LogP contribution is -2.30. The molecule has 0 unspecified atom stereocenters. The Morgan fingerprint density at radius 2 is 1.88 bits per heavy atom. The van der Waals surface area contributed by atoms with E-state index in [2.05, 4.69) is 5.32 Å². The largest absolute Gasteiger partial charge is 0.484 e. The number of carbonyl (C=O) groups is 1. The Morgan fingerprint density at radius 1 is 1.17 bits per heavy atom. The molecule has 5 nitrogen and oxygen atoms in total. The minimum absolute atomic E-state index is 0.136. The molecule has 24 heavy (non-hydrogen) atoms. The second kappa shape index (κ2) is 7.92. The van der Waals surface area contributed by atoms with Crippen molar-refractivity contribution in [1.82, 2.24) is 5.32 Å². The molecule has 0 saturated heterocycles. The van der Waals surface area contributed by atoms with Crippen LogP contribution in [0.25, 0.3) is 0 Å². The Balaban J connectivity index is 1.78. The van der Waals surface area contributed by atoms with E-state index in [-0.39, 0.29) is 23.2 Å². The molecule has 0 fully saturated rings. The topological polar surface area (TPSA) is 72.5 Å². The van der Waals surface area contributed by atoms with Gasteiger partial charge in [0.05, 0.1) is 4.90 Å². The SMILES string of the molecule is CS(=O)(=O)c1cccc(OCC(=O)NCCc2ccc(F)cc2)c1. The van der Waals surface area contributed by atoms with E-state index < -0.39 is 9.84 Å². The van der Waals surface area contributed by atoms with Gasteiger partial charge in [-0.25, -0.2) is 12.8 Å². The molecular weight excluding hydrogens is 333 g/mol. The van der Waals surface area contributed by atoms with Gasteiger partial charge in [0.15, 0.2) is 16.4 Å². The van der Waals surface area contributed by atoms with Crippen molar-refractivity contribution in [3.05, 3.63) is 59.9 Å². The minimum Gasteiger partial charge on any atom is -0.484 e. The number of halogens is 1. The van der Waals surface area contributed by atoms with Crippen molar-refractivity contribution in [3.63, 3.8) is 0 Å². The van der Waals surface area contributed by atoms with Gasteiger partial charge in [-0.1, -0.05) is 18.2 Å². The van der Waals surface area contributed by atoms with E-state index in [9.17, 15) is 17.6 Å². The molecule has 2 aromatic carbocycles. The van der Waals surface area contributed by atoms with Gasteiger partial charge >= 0.3 is 0 Å². The molecule has 7 heteroatoms. The number of benzene rings is 2. The van der Waals surface area contributed by atoms with E-state index in [0.717, 1.165) is 11.8 Å². The number of rotatable bonds is 7. The molecule has 0 bridgehead atoms. The molecule has 0 aliphatic carbocycles. The Labute approximate surface area is 140 Å². The molecule has 0 aromatic heterocycles. The molecule has 1 N–H and O–H groups in total. The lowest BCUT2D eigenvalue weighted by atomic mass is 10.1. The summed E-state index contributed by atoms with van der Waals surface area (Å²) in [6.45, 7) is 0.188. The molecule has 128 valence electrons. The maximum atomic E-state index is 12.8. The molecule has 2 rings (SSSR count). The third-order valence-corrected chi connectivity index (χ3v) is 4.36. The number of ether oxygens (including phenoxy) is 1. The maximum Gasteiger partial charge on any atom is 0.257 e. The number of hydrogen-bond acceptors (Lipinski definition) is 4. The van der Waals surface area contributed by atoms with Crippen LogP contribution in [0.15, 0.2) is 53.4 Å². The van der Waals surface area contributed by atoms with Gasteiger partial charge in [-0.2, -0.15) is 0 Å². The van der Waals surface area contributed by atoms with Gasteiger partial charge in [-0.05, 0) is 42.3 Å². The lowest BCUT2D eigenvalue weighted by molar-refractivity contribution is -0.123. The predicted octanol–water partition coefficient (Wildman–Crippen LogP) is 1.97. The summed E-state index contributed by atoms with van der Waals surface area (Å²) >= 11 is 0. The van der Waals surface area contributed by atoms with E-state index in [1.54, 1.807) is 24.3 Å². The predicted molar refractivity (Wildman–Crippen MR) is 88.2 cm³/mol. The second-order valence-electron chi connectivity index (χ2n) is 5.26. The second-order valence-corrected chi connectivity index (χ2v) is 7.28. The summed E-state index contributed by atoms with van der Waals surface area (Å²) < 4.78 is 41.0. The Morgan fingerprint density at radius 3 is 2.54 bits per heavy atom. The van der Waals surface area contributed by atoms with Crippen LogP contribution in [0.1, 0.15) is 5.56 Å². The summed E-state index contributed by atoms with van der Waals surface area (Å²) in [5, 5.41) is 2.68. The van der Waals surface area contributed by atoms with Crippen molar-refractivity contribution < 1.29 is 22.3 Å². The molecule has 0 heterocycles. The van der Waals surface area contributed by atoms with Gasteiger partial charge in [0.1, 0.15) is 11.6 Å². The highest BCUT2D eigenvalue weighted by atomic mass is 32.2. The zero-order valence-electron chi connectivity index (χ0n) is 13.2. The van der Waals surface area contributed by atoms with Crippen molar-refractivity contribution in [2.45, 2.75) is 11.3 Å². The molecule has 2 aromatic rings. The van der Waals surface area contributed by atoms with E-state index in [4.69, 9.17) is 4.74 Å². The van der Waals surface area contributed by atoms with E-state index in [1.165, 1.54) is 24.3 Å². The number of carbonyl (C=O) groups excluding carboxylic acids is 1. The number of amides is 1. The summed E-state index contributed by atoms with van der Waals surface area (Å²) in [6.07, 6.45) is 1.68. The van der Waals surface area contributed by atoms with Gasteiger partial charge < -0.3 is 10.1 Å². The van der Waals surface area contributed by atoms with Crippen LogP contribution in [0.3, 0.4) is 0 Å². The number of nitrogens with one attached hydrogen (secondary N) is 1. The zero-order valence-corrected chi connectivity index (χ0v) is 14.0. The Bertz CT molecular complexity index is 804. The summed E-state index contributed by atoms with van der Waals surface area (Å²) in [7, 11) is -3.32. The van der Waals surface area contributed by atoms with Crippen LogP contribution in [-0.4, -0.2) is 33.7 Å². The van der Waals surface area contributed by atoms with Crippen molar-refractivity contribution in [1.29, 1.82) is 0 Å². The average molecular weight is 351 g/mol. The monoisotopic (exact) mass is 351 g/mol. The van der Waals surface area contributed by atoms with Crippen LogP contribution < -0.4 is 10.1 Å². The highest BCUT2D eigenvalue weighted by Gasteiger charge is 2.09. The van der Waals surface area contributed by atoms with E-state index in [1.807, 2.05) is 0 Å². The molecule has 0 radical (unpaired) electrons. The van der Waals surface area contributed by atoms with Gasteiger partial charge in [-0.3, -0.25) is 4.79 Å². The summed E-state index contributed by atoms with van der Waals surface area (Å²) in [5.74, 6) is -0.305. The first-order valence-electron chi connectivity index (χ1n) is 7.29. The zero-order chi connectivity index (χ0) is 17.6. The fraction of sp³-hybridized carbons (Fsp3) is 0.235. The average Bonchev–Trinajstić information content (AvgIpc) is 2.54. The lowest BCUT2D eigenvalue weighted by Gasteiger charge is -2.08. The molecule has 0 aliphatic rings. The smallest absolute Gasteiger partial charge is 0.257 e. The van der Waals surface area contributed by atoms with Crippen molar-refractivity contribution in [3.8, 4) is 5.75 Å². The first kappa shape index (κ1) is 17.9. The Kier molecular flexibility index (Phi) is 5.92. The molecular formula is C17H18FNO4S. The number of hydrogen-bond donors (Lipinski definition) is 1. The van der Waals surface area contributed by atoms with Gasteiger partial charge in [0.25, 0.3) is 5.91 Å². The van der Waals surface area contributed by atoms with Gasteiger partial charge in [0, 0.05) is 12.8 Å². The molecule has 0 aliphatic heterocycles. The van der Waals surface area contributed by atoms with E-state index in [0.29, 0.717) is 18.7 Å². The minimum atomic E-state index is -3.32. The van der Waals surface area contributed by atoms with Crippen LogP contribution in [0.2, 0.25) is 0 Å². The molecule has 0 spiro atoms. The molecule has 0 saturated carbocycles. The summed E-state index contributed by atoms with van der Waals surface area (Å²) in [6, 6.07) is 12.0. The van der Waals surface area contributed by atoms with Crippen LogP contribution in [0, 0.1) is 5.82 Å². The van der Waals surface area contributed by atoms with Crippen molar-refractivity contribution >= 4 is 15.7 Å². The quantitative estimate of drug-likeness (QED) is 0.828. The van der Waals surface area contributed by atoms with Gasteiger partial charge in [-0.15, -0.1) is 0 Å². The van der Waals surface area contributed by atoms with Crippen LogP contribution >= 0.6 is 0 Å².